The number of rotatable bonds is 5. The van der Waals surface area contributed by atoms with Crippen molar-refractivity contribution in [1.82, 2.24) is 8.61 Å². The maximum absolute atomic E-state index is 2.72. The van der Waals surface area contributed by atoms with Crippen molar-refractivity contribution < 1.29 is 0 Å². The molecule has 2 aliphatic carbocycles. The van der Waals surface area contributed by atoms with Gasteiger partial charge >= 0.3 is 0 Å². The lowest BCUT2D eigenvalue weighted by atomic mass is 9.93. The zero-order valence-electron chi connectivity index (χ0n) is 16.9. The van der Waals surface area contributed by atoms with Gasteiger partial charge in [-0.05, 0) is 67.2 Å². The van der Waals surface area contributed by atoms with Crippen LogP contribution in [0.4, 0.5) is 0 Å². The van der Waals surface area contributed by atoms with E-state index in [9.17, 15) is 0 Å². The first-order valence-corrected chi connectivity index (χ1v) is 12.2. The second-order valence-corrected chi connectivity index (χ2v) is 11.7. The summed E-state index contributed by atoms with van der Waals surface area (Å²) >= 11 is 0. The van der Waals surface area contributed by atoms with Gasteiger partial charge in [0.2, 0.25) is 0 Å². The van der Waals surface area contributed by atoms with Gasteiger partial charge < -0.3 is 0 Å². The molecule has 2 aliphatic rings. The van der Waals surface area contributed by atoms with Crippen LogP contribution in [0, 0.1) is 0 Å². The molecule has 2 rings (SSSR count). The normalized spacial score (nSPS) is 22.5. The first kappa shape index (κ1) is 20.9. The molecule has 4 heteroatoms. The summed E-state index contributed by atoms with van der Waals surface area (Å²) < 4.78 is 5.44. The predicted molar refractivity (Wildman–Crippen MR) is 112 cm³/mol. The van der Waals surface area contributed by atoms with E-state index in [-0.39, 0.29) is 11.1 Å². The summed E-state index contributed by atoms with van der Waals surface area (Å²) in [4.78, 5) is 0. The molecule has 0 radical (unpaired) electrons. The fraction of sp³-hybridized carbons (Fsp3) is 1.00. The molecule has 2 fully saturated rings. The molecule has 142 valence electrons. The molecule has 24 heavy (non-hydrogen) atoms. The highest BCUT2D eigenvalue weighted by molar-refractivity contribution is 8.74. The average Bonchev–Trinajstić information content (AvgIpc) is 2.51. The van der Waals surface area contributed by atoms with Crippen molar-refractivity contribution in [2.75, 3.05) is 0 Å². The van der Waals surface area contributed by atoms with Gasteiger partial charge in [0.1, 0.15) is 0 Å². The third kappa shape index (κ3) is 6.10. The Morgan fingerprint density at radius 3 is 1.08 bits per heavy atom. The highest BCUT2D eigenvalue weighted by Gasteiger charge is 2.35. The van der Waals surface area contributed by atoms with Crippen molar-refractivity contribution >= 4 is 22.0 Å². The van der Waals surface area contributed by atoms with E-state index in [4.69, 9.17) is 0 Å². The molecule has 0 heterocycles. The van der Waals surface area contributed by atoms with Crippen LogP contribution < -0.4 is 0 Å². The molecule has 0 saturated heterocycles. The van der Waals surface area contributed by atoms with Gasteiger partial charge in [0, 0.05) is 45.1 Å². The van der Waals surface area contributed by atoms with Gasteiger partial charge in [-0.2, -0.15) is 0 Å². The summed E-state index contributed by atoms with van der Waals surface area (Å²) in [5, 5.41) is 0. The molecule has 2 saturated carbocycles. The third-order valence-electron chi connectivity index (χ3n) is 5.33. The summed E-state index contributed by atoms with van der Waals surface area (Å²) in [5.74, 6) is 0. The van der Waals surface area contributed by atoms with Gasteiger partial charge in [-0.3, -0.25) is 0 Å². The zero-order chi connectivity index (χ0) is 17.8. The lowest BCUT2D eigenvalue weighted by Gasteiger charge is -2.46. The van der Waals surface area contributed by atoms with Crippen molar-refractivity contribution in [2.24, 2.45) is 0 Å². The molecule has 0 aromatic rings. The van der Waals surface area contributed by atoms with Gasteiger partial charge in [-0.25, -0.2) is 8.61 Å². The maximum atomic E-state index is 2.72. The minimum absolute atomic E-state index is 0.232. The SMILES string of the molecule is CC(C)(C)N(SSN(C1CCCCC1)C(C)(C)C)C1CCCCC1. The predicted octanol–water partition coefficient (Wildman–Crippen LogP) is 7.06. The Hall–Kier alpha value is 0.620. The highest BCUT2D eigenvalue weighted by Crippen LogP contribution is 2.45. The molecule has 0 amide bonds. The quantitative estimate of drug-likeness (QED) is 0.376. The Kier molecular flexibility index (Phi) is 7.86. The third-order valence-corrected chi connectivity index (χ3v) is 8.57. The lowest BCUT2D eigenvalue weighted by Crippen LogP contribution is -2.46. The second-order valence-electron chi connectivity index (χ2n) is 9.73. The molecule has 0 aliphatic heterocycles. The van der Waals surface area contributed by atoms with Crippen LogP contribution in [0.25, 0.3) is 0 Å². The van der Waals surface area contributed by atoms with Crippen LogP contribution in [-0.2, 0) is 0 Å². The smallest absolute Gasteiger partial charge is 0.0240 e. The molecule has 0 unspecified atom stereocenters. The summed E-state index contributed by atoms with van der Waals surface area (Å²) in [6.45, 7) is 14.3. The monoisotopic (exact) mass is 372 g/mol. The van der Waals surface area contributed by atoms with Crippen LogP contribution in [0.2, 0.25) is 0 Å². The molecule has 0 atom stereocenters. The van der Waals surface area contributed by atoms with Gasteiger partial charge in [0.25, 0.3) is 0 Å². The molecule has 0 aromatic carbocycles. The molecule has 0 aromatic heterocycles. The van der Waals surface area contributed by atoms with Crippen LogP contribution in [0.5, 0.6) is 0 Å². The Balaban J connectivity index is 2.03. The summed E-state index contributed by atoms with van der Waals surface area (Å²) in [5.41, 5.74) is 0.464. The van der Waals surface area contributed by atoms with E-state index in [1.54, 1.807) is 0 Å². The fourth-order valence-corrected chi connectivity index (χ4v) is 7.90. The van der Waals surface area contributed by atoms with Crippen LogP contribution >= 0.6 is 22.0 Å². The second kappa shape index (κ2) is 9.01. The first-order chi connectivity index (χ1) is 11.2. The first-order valence-electron chi connectivity index (χ1n) is 10.1. The largest absolute Gasteiger partial charge is 0.232 e. The summed E-state index contributed by atoms with van der Waals surface area (Å²) in [7, 11) is 4.08. The summed E-state index contributed by atoms with van der Waals surface area (Å²) in [6, 6.07) is 1.51. The number of hydrogen-bond donors (Lipinski definition) is 0. The van der Waals surface area contributed by atoms with E-state index in [1.807, 2.05) is 22.0 Å². The van der Waals surface area contributed by atoms with Gasteiger partial charge in [-0.15, -0.1) is 0 Å². The van der Waals surface area contributed by atoms with E-state index in [2.05, 4.69) is 50.2 Å². The van der Waals surface area contributed by atoms with E-state index in [0.29, 0.717) is 0 Å². The Labute approximate surface area is 159 Å². The highest BCUT2D eigenvalue weighted by atomic mass is 33.1. The maximum Gasteiger partial charge on any atom is 0.0240 e. The lowest BCUT2D eigenvalue weighted by molar-refractivity contribution is 0.168. The average molecular weight is 373 g/mol. The van der Waals surface area contributed by atoms with Gasteiger partial charge in [-0.1, -0.05) is 38.5 Å². The van der Waals surface area contributed by atoms with Crippen molar-refractivity contribution in [1.29, 1.82) is 0 Å². The number of hydrogen-bond acceptors (Lipinski definition) is 4. The Bertz CT molecular complexity index is 325. The van der Waals surface area contributed by atoms with E-state index >= 15 is 0 Å². The van der Waals surface area contributed by atoms with Crippen LogP contribution in [0.3, 0.4) is 0 Å². The molecule has 2 nitrogen and oxygen atoms in total. The van der Waals surface area contributed by atoms with Crippen LogP contribution in [0.15, 0.2) is 0 Å². The topological polar surface area (TPSA) is 6.48 Å². The molecule has 0 bridgehead atoms. The van der Waals surface area contributed by atoms with Gasteiger partial charge in [0.15, 0.2) is 0 Å². The summed E-state index contributed by atoms with van der Waals surface area (Å²) in [6.07, 6.45) is 14.0. The van der Waals surface area contributed by atoms with Crippen molar-refractivity contribution in [3.8, 4) is 0 Å². The van der Waals surface area contributed by atoms with Gasteiger partial charge in [0.05, 0.1) is 0 Å². The van der Waals surface area contributed by atoms with E-state index in [0.717, 1.165) is 12.1 Å². The standard InChI is InChI=1S/C20H40N2S2/c1-19(2,3)21(17-13-9-7-10-14-17)23-24-22(20(4,5)6)18-15-11-8-12-16-18/h17-18H,7-16H2,1-6H3. The van der Waals surface area contributed by atoms with Crippen LogP contribution in [0.1, 0.15) is 106 Å². The Morgan fingerprint density at radius 2 is 0.833 bits per heavy atom. The molecular weight excluding hydrogens is 332 g/mol. The Morgan fingerprint density at radius 1 is 0.542 bits per heavy atom. The zero-order valence-corrected chi connectivity index (χ0v) is 18.6. The van der Waals surface area contributed by atoms with E-state index in [1.165, 1.54) is 64.2 Å². The van der Waals surface area contributed by atoms with E-state index < -0.39 is 0 Å². The molecule has 0 N–H and O–H groups in total. The minimum atomic E-state index is 0.232. The minimum Gasteiger partial charge on any atom is -0.232 e. The fourth-order valence-electron chi connectivity index (χ4n) is 4.14. The molecule has 0 spiro atoms. The van der Waals surface area contributed by atoms with Crippen molar-refractivity contribution in [3.05, 3.63) is 0 Å². The van der Waals surface area contributed by atoms with Crippen LogP contribution in [-0.4, -0.2) is 31.8 Å². The van der Waals surface area contributed by atoms with Crippen molar-refractivity contribution in [3.63, 3.8) is 0 Å². The molecular formula is C20H40N2S2. The van der Waals surface area contributed by atoms with Crippen molar-refractivity contribution in [2.45, 2.75) is 129 Å². The number of nitrogens with zero attached hydrogens (tertiary/aromatic N) is 2.